The van der Waals surface area contributed by atoms with E-state index in [1.54, 1.807) is 43.8 Å². The summed E-state index contributed by atoms with van der Waals surface area (Å²) in [5, 5.41) is 7.54. The zero-order valence-electron chi connectivity index (χ0n) is 20.5. The molecule has 1 aliphatic rings. The van der Waals surface area contributed by atoms with Gasteiger partial charge in [0.1, 0.15) is 0 Å². The van der Waals surface area contributed by atoms with Crippen LogP contribution in [-0.4, -0.2) is 72.7 Å². The van der Waals surface area contributed by atoms with Crippen LogP contribution in [-0.2, 0) is 23.6 Å². The van der Waals surface area contributed by atoms with Gasteiger partial charge in [-0.1, -0.05) is 0 Å². The maximum Gasteiger partial charge on any atom is 0.254 e. The van der Waals surface area contributed by atoms with Crippen molar-refractivity contribution in [1.29, 1.82) is 0 Å². The number of sulfonamides is 1. The molecule has 1 aromatic carbocycles. The van der Waals surface area contributed by atoms with Gasteiger partial charge in [-0.2, -0.15) is 5.10 Å². The van der Waals surface area contributed by atoms with Crippen LogP contribution in [0.1, 0.15) is 48.8 Å². The lowest BCUT2D eigenvalue weighted by Gasteiger charge is -2.23. The van der Waals surface area contributed by atoms with Gasteiger partial charge in [0.2, 0.25) is 10.0 Å². The fourth-order valence-electron chi connectivity index (χ4n) is 3.79. The minimum absolute atomic E-state index is 0.0700. The molecule has 1 aromatic heterocycles. The summed E-state index contributed by atoms with van der Waals surface area (Å²) in [4.78, 5) is 17.4. The average molecular weight is 477 g/mol. The molecule has 10 heteroatoms. The van der Waals surface area contributed by atoms with E-state index < -0.39 is 15.6 Å². The minimum atomic E-state index is -3.82. The largest absolute Gasteiger partial charge is 0.381 e. The molecule has 2 N–H and O–H groups in total. The van der Waals surface area contributed by atoms with E-state index in [-0.39, 0.29) is 10.8 Å². The predicted octanol–water partition coefficient (Wildman–Crippen LogP) is 2.20. The second kappa shape index (κ2) is 9.82. The summed E-state index contributed by atoms with van der Waals surface area (Å²) >= 11 is 0. The summed E-state index contributed by atoms with van der Waals surface area (Å²) in [5.74, 6) is -0.154. The van der Waals surface area contributed by atoms with Crippen molar-refractivity contribution < 1.29 is 13.2 Å². The highest BCUT2D eigenvalue weighted by Gasteiger charge is 2.26. The molecule has 0 unspecified atom stereocenters. The Hall–Kier alpha value is -2.43. The highest BCUT2D eigenvalue weighted by Crippen LogP contribution is 2.23. The zero-order valence-corrected chi connectivity index (χ0v) is 21.3. The molecule has 2 aromatic rings. The standard InChI is InChI=1S/C23H36N6O3S/c1-17-19(16-25-28(17)6)15-24-20-12-18(22(30)29-9-7-8-27(5)10-11-29)13-21(14-20)33(31,32)26-23(2,3)4/h12-14,16,24,26H,7-11,15H2,1-6H3. The van der Waals surface area contributed by atoms with Crippen molar-refractivity contribution in [3.8, 4) is 0 Å². The van der Waals surface area contributed by atoms with Crippen LogP contribution in [0.25, 0.3) is 0 Å². The van der Waals surface area contributed by atoms with E-state index in [2.05, 4.69) is 20.0 Å². The van der Waals surface area contributed by atoms with E-state index in [0.717, 1.165) is 30.8 Å². The van der Waals surface area contributed by atoms with Gasteiger partial charge in [-0.25, -0.2) is 13.1 Å². The number of anilines is 1. The van der Waals surface area contributed by atoms with Crippen LogP contribution in [0.15, 0.2) is 29.3 Å². The molecule has 1 saturated heterocycles. The maximum absolute atomic E-state index is 13.4. The number of aromatic nitrogens is 2. The molecule has 0 atom stereocenters. The van der Waals surface area contributed by atoms with Crippen LogP contribution in [0.5, 0.6) is 0 Å². The van der Waals surface area contributed by atoms with Crippen LogP contribution in [0.4, 0.5) is 5.69 Å². The number of nitrogens with zero attached hydrogens (tertiary/aromatic N) is 4. The molecule has 0 aliphatic carbocycles. The molecule has 9 nitrogen and oxygen atoms in total. The predicted molar refractivity (Wildman–Crippen MR) is 130 cm³/mol. The molecular formula is C23H36N6O3S. The lowest BCUT2D eigenvalue weighted by atomic mass is 10.1. The number of hydrogen-bond donors (Lipinski definition) is 2. The molecule has 0 radical (unpaired) electrons. The fourth-order valence-corrected chi connectivity index (χ4v) is 5.28. The Morgan fingerprint density at radius 2 is 1.82 bits per heavy atom. The van der Waals surface area contributed by atoms with Gasteiger partial charge < -0.3 is 15.1 Å². The lowest BCUT2D eigenvalue weighted by molar-refractivity contribution is 0.0762. The first-order valence-electron chi connectivity index (χ1n) is 11.2. The second-order valence-corrected chi connectivity index (χ2v) is 11.5. The van der Waals surface area contributed by atoms with E-state index in [4.69, 9.17) is 0 Å². The fraction of sp³-hybridized carbons (Fsp3) is 0.565. The molecule has 33 heavy (non-hydrogen) atoms. The first-order valence-corrected chi connectivity index (χ1v) is 12.7. The number of rotatable bonds is 6. The van der Waals surface area contributed by atoms with Crippen LogP contribution >= 0.6 is 0 Å². The van der Waals surface area contributed by atoms with Crippen LogP contribution in [0, 0.1) is 6.92 Å². The summed E-state index contributed by atoms with van der Waals surface area (Å²) < 4.78 is 30.7. The van der Waals surface area contributed by atoms with Crippen molar-refractivity contribution in [2.75, 3.05) is 38.5 Å². The van der Waals surface area contributed by atoms with E-state index in [1.807, 2.05) is 25.9 Å². The quantitative estimate of drug-likeness (QED) is 0.663. The van der Waals surface area contributed by atoms with E-state index in [9.17, 15) is 13.2 Å². The highest BCUT2D eigenvalue weighted by atomic mass is 32.2. The third-order valence-corrected chi connectivity index (χ3v) is 7.47. The Bertz CT molecular complexity index is 1100. The molecule has 0 spiro atoms. The topological polar surface area (TPSA) is 99.6 Å². The summed E-state index contributed by atoms with van der Waals surface area (Å²) in [6.07, 6.45) is 2.67. The SMILES string of the molecule is Cc1c(CNc2cc(C(=O)N3CCCN(C)CC3)cc(S(=O)(=O)NC(C)(C)C)c2)cnn1C. The molecule has 3 rings (SSSR count). The molecule has 1 aliphatic heterocycles. The van der Waals surface area contributed by atoms with Gasteiger partial charge >= 0.3 is 0 Å². The molecular weight excluding hydrogens is 440 g/mol. The monoisotopic (exact) mass is 476 g/mol. The normalized spacial score (nSPS) is 16.0. The Labute approximate surface area is 197 Å². The van der Waals surface area contributed by atoms with Crippen molar-refractivity contribution in [3.05, 3.63) is 41.2 Å². The Morgan fingerprint density at radius 1 is 1.09 bits per heavy atom. The summed E-state index contributed by atoms with van der Waals surface area (Å²) in [6.45, 7) is 10.8. The van der Waals surface area contributed by atoms with E-state index in [0.29, 0.717) is 30.9 Å². The van der Waals surface area contributed by atoms with Crippen LogP contribution in [0.2, 0.25) is 0 Å². The van der Waals surface area contributed by atoms with Crippen molar-refractivity contribution in [3.63, 3.8) is 0 Å². The van der Waals surface area contributed by atoms with Crippen molar-refractivity contribution in [2.24, 2.45) is 7.05 Å². The molecule has 1 fully saturated rings. The molecule has 0 bridgehead atoms. The van der Waals surface area contributed by atoms with Crippen molar-refractivity contribution >= 4 is 21.6 Å². The van der Waals surface area contributed by atoms with Gasteiger partial charge in [0, 0.05) is 61.3 Å². The van der Waals surface area contributed by atoms with Crippen molar-refractivity contribution in [1.82, 2.24) is 24.3 Å². The van der Waals surface area contributed by atoms with Gasteiger partial charge in [-0.15, -0.1) is 0 Å². The number of hydrogen-bond acceptors (Lipinski definition) is 6. The third kappa shape index (κ3) is 6.55. The summed E-state index contributed by atoms with van der Waals surface area (Å²) in [6, 6.07) is 4.79. The lowest BCUT2D eigenvalue weighted by Crippen LogP contribution is -2.40. The van der Waals surface area contributed by atoms with Crippen LogP contribution < -0.4 is 10.0 Å². The van der Waals surface area contributed by atoms with E-state index >= 15 is 0 Å². The summed E-state index contributed by atoms with van der Waals surface area (Å²) in [5.41, 5.74) is 2.31. The maximum atomic E-state index is 13.4. The Morgan fingerprint density at radius 3 is 2.45 bits per heavy atom. The van der Waals surface area contributed by atoms with Crippen LogP contribution in [0.3, 0.4) is 0 Å². The molecule has 0 saturated carbocycles. The molecule has 2 heterocycles. The van der Waals surface area contributed by atoms with Gasteiger partial charge in [-0.05, 0) is 65.9 Å². The average Bonchev–Trinajstić information content (AvgIpc) is 2.90. The smallest absolute Gasteiger partial charge is 0.254 e. The number of carbonyl (C=O) groups is 1. The number of likely N-dealkylation sites (N-methyl/N-ethyl adjacent to an activating group) is 1. The van der Waals surface area contributed by atoms with Gasteiger partial charge in [-0.3, -0.25) is 9.48 Å². The van der Waals surface area contributed by atoms with Crippen molar-refractivity contribution in [2.45, 2.75) is 51.1 Å². The van der Waals surface area contributed by atoms with Gasteiger partial charge in [0.15, 0.2) is 0 Å². The van der Waals surface area contributed by atoms with Gasteiger partial charge in [0.25, 0.3) is 5.91 Å². The minimum Gasteiger partial charge on any atom is -0.381 e. The third-order valence-electron chi connectivity index (χ3n) is 5.73. The highest BCUT2D eigenvalue weighted by molar-refractivity contribution is 7.89. The zero-order chi connectivity index (χ0) is 24.4. The number of benzene rings is 1. The second-order valence-electron chi connectivity index (χ2n) is 9.78. The number of carbonyl (C=O) groups excluding carboxylic acids is 1. The Balaban J connectivity index is 1.94. The van der Waals surface area contributed by atoms with Gasteiger partial charge in [0.05, 0.1) is 11.1 Å². The molecule has 182 valence electrons. The number of nitrogens with one attached hydrogen (secondary N) is 2. The first-order chi connectivity index (χ1) is 15.4. The van der Waals surface area contributed by atoms with E-state index in [1.165, 1.54) is 6.07 Å². The first kappa shape index (κ1) is 25.2. The molecule has 1 amide bonds. The Kier molecular flexibility index (Phi) is 7.50. The number of aryl methyl sites for hydroxylation is 1. The number of amides is 1. The summed E-state index contributed by atoms with van der Waals surface area (Å²) in [7, 11) is 0.102.